The molecule has 2 aromatic heterocycles. The molecule has 4 aromatic rings. The largest absolute Gasteiger partial charge is 0.356 e. The first kappa shape index (κ1) is 18.9. The van der Waals surface area contributed by atoms with E-state index in [1.807, 2.05) is 43.3 Å². The van der Waals surface area contributed by atoms with Gasteiger partial charge in [0.2, 0.25) is 5.91 Å². The number of piperidine rings is 1. The van der Waals surface area contributed by atoms with Crippen molar-refractivity contribution >= 4 is 44.2 Å². The lowest BCUT2D eigenvalue weighted by atomic mass is 9.95. The Bertz CT molecular complexity index is 1160. The number of benzene rings is 2. The minimum Gasteiger partial charge on any atom is -0.356 e. The minimum absolute atomic E-state index is 0.0196. The number of aromatic nitrogens is 3. The number of carbonyl (C=O) groups excluding carboxylic acids is 1. The first-order valence-corrected chi connectivity index (χ1v) is 11.1. The molecule has 1 amide bonds. The van der Waals surface area contributed by atoms with E-state index in [4.69, 9.17) is 0 Å². The number of amides is 1. The van der Waals surface area contributed by atoms with Gasteiger partial charge < -0.3 is 10.2 Å². The second-order valence-corrected chi connectivity index (χ2v) is 8.79. The molecule has 6 nitrogen and oxygen atoms in total. The van der Waals surface area contributed by atoms with E-state index < -0.39 is 0 Å². The lowest BCUT2D eigenvalue weighted by Crippen LogP contribution is -2.41. The molecule has 1 saturated heterocycles. The average molecular weight is 418 g/mol. The number of para-hydroxylation sites is 2. The van der Waals surface area contributed by atoms with Crippen LogP contribution in [0.5, 0.6) is 0 Å². The first-order chi connectivity index (χ1) is 14.7. The Morgan fingerprint density at radius 2 is 1.80 bits per heavy atom. The fourth-order valence-corrected chi connectivity index (χ4v) is 5.03. The first-order valence-electron chi connectivity index (χ1n) is 10.3. The third-order valence-corrected chi connectivity index (χ3v) is 6.95. The van der Waals surface area contributed by atoms with Gasteiger partial charge in [0.05, 0.1) is 21.8 Å². The predicted octanol–water partition coefficient (Wildman–Crippen LogP) is 4.33. The van der Waals surface area contributed by atoms with Gasteiger partial charge in [-0.3, -0.25) is 4.79 Å². The predicted molar refractivity (Wildman–Crippen MR) is 121 cm³/mol. The molecule has 1 aliphatic heterocycles. The summed E-state index contributed by atoms with van der Waals surface area (Å²) in [6, 6.07) is 16.1. The van der Waals surface area contributed by atoms with Crippen molar-refractivity contribution in [1.29, 1.82) is 0 Å². The molecule has 2 aromatic carbocycles. The molecule has 1 N–H and O–H groups in total. The summed E-state index contributed by atoms with van der Waals surface area (Å²) in [5, 5.41) is 5.19. The van der Waals surface area contributed by atoms with Crippen molar-refractivity contribution in [2.45, 2.75) is 25.8 Å². The Morgan fingerprint density at radius 3 is 2.60 bits per heavy atom. The monoisotopic (exact) mass is 417 g/mol. The van der Waals surface area contributed by atoms with Gasteiger partial charge in [-0.05, 0) is 44.0 Å². The van der Waals surface area contributed by atoms with Gasteiger partial charge in [0.25, 0.3) is 0 Å². The minimum atomic E-state index is -0.0845. The summed E-state index contributed by atoms with van der Waals surface area (Å²) in [5.74, 6) is 1.10. The summed E-state index contributed by atoms with van der Waals surface area (Å²) >= 11 is 1.64. The number of nitrogens with zero attached hydrogens (tertiary/aromatic N) is 4. The number of fused-ring (bicyclic) bond motifs is 2. The van der Waals surface area contributed by atoms with Crippen LogP contribution in [0, 0.1) is 5.92 Å². The zero-order chi connectivity index (χ0) is 20.5. The Kier molecular flexibility index (Phi) is 5.04. The summed E-state index contributed by atoms with van der Waals surface area (Å²) in [7, 11) is 0. The second kappa shape index (κ2) is 7.99. The van der Waals surface area contributed by atoms with Gasteiger partial charge in [0, 0.05) is 24.4 Å². The number of rotatable bonds is 4. The van der Waals surface area contributed by atoms with Crippen LogP contribution in [-0.4, -0.2) is 33.9 Å². The zero-order valence-corrected chi connectivity index (χ0v) is 17.6. The van der Waals surface area contributed by atoms with E-state index in [2.05, 4.69) is 37.3 Å². The van der Waals surface area contributed by atoms with Gasteiger partial charge >= 0.3 is 0 Å². The van der Waals surface area contributed by atoms with Crippen LogP contribution in [0.3, 0.4) is 0 Å². The van der Waals surface area contributed by atoms with Gasteiger partial charge in [-0.2, -0.15) is 0 Å². The SMILES string of the molecule is C[C@@H](NC(=O)C1CCN(c2ncnc3ccccc23)CC1)c1nc2ccccc2s1. The highest BCUT2D eigenvalue weighted by atomic mass is 32.1. The van der Waals surface area contributed by atoms with Crippen molar-refractivity contribution in [3.8, 4) is 0 Å². The van der Waals surface area contributed by atoms with E-state index in [1.54, 1.807) is 17.7 Å². The molecule has 0 saturated carbocycles. The van der Waals surface area contributed by atoms with E-state index in [0.717, 1.165) is 57.9 Å². The molecule has 0 bridgehead atoms. The number of hydrogen-bond donors (Lipinski definition) is 1. The second-order valence-electron chi connectivity index (χ2n) is 7.73. The average Bonchev–Trinajstić information content (AvgIpc) is 3.23. The Morgan fingerprint density at radius 1 is 1.07 bits per heavy atom. The molecule has 1 atom stereocenters. The van der Waals surface area contributed by atoms with Crippen molar-refractivity contribution in [1.82, 2.24) is 20.3 Å². The van der Waals surface area contributed by atoms with Gasteiger partial charge in [-0.15, -0.1) is 11.3 Å². The van der Waals surface area contributed by atoms with E-state index in [9.17, 15) is 4.79 Å². The summed E-state index contributed by atoms with van der Waals surface area (Å²) < 4.78 is 1.15. The summed E-state index contributed by atoms with van der Waals surface area (Å²) in [6.07, 6.45) is 3.25. The fraction of sp³-hybridized carbons (Fsp3) is 0.304. The summed E-state index contributed by atoms with van der Waals surface area (Å²) in [5.41, 5.74) is 1.94. The molecule has 0 radical (unpaired) electrons. The van der Waals surface area contributed by atoms with Gasteiger partial charge in [-0.1, -0.05) is 24.3 Å². The Hall–Kier alpha value is -3.06. The Labute approximate surface area is 179 Å². The van der Waals surface area contributed by atoms with Crippen LogP contribution >= 0.6 is 11.3 Å². The molecule has 1 aliphatic rings. The molecule has 3 heterocycles. The third kappa shape index (κ3) is 3.61. The van der Waals surface area contributed by atoms with Crippen molar-refractivity contribution in [3.63, 3.8) is 0 Å². The zero-order valence-electron chi connectivity index (χ0n) is 16.8. The quantitative estimate of drug-likeness (QED) is 0.535. The van der Waals surface area contributed by atoms with Gasteiger partial charge in [0.1, 0.15) is 17.2 Å². The molecule has 0 aliphatic carbocycles. The van der Waals surface area contributed by atoms with Crippen molar-refractivity contribution in [3.05, 3.63) is 59.9 Å². The number of nitrogens with one attached hydrogen (secondary N) is 1. The maximum atomic E-state index is 12.9. The number of anilines is 1. The van der Waals surface area contributed by atoms with E-state index in [0.29, 0.717) is 0 Å². The maximum Gasteiger partial charge on any atom is 0.223 e. The molecule has 152 valence electrons. The highest BCUT2D eigenvalue weighted by Gasteiger charge is 2.27. The molecular weight excluding hydrogens is 394 g/mol. The Balaban J connectivity index is 1.23. The molecule has 0 spiro atoms. The normalized spacial score (nSPS) is 16.1. The molecule has 1 fully saturated rings. The van der Waals surface area contributed by atoms with E-state index in [1.165, 1.54) is 0 Å². The van der Waals surface area contributed by atoms with Gasteiger partial charge in [-0.25, -0.2) is 15.0 Å². The van der Waals surface area contributed by atoms with Crippen LogP contribution in [0.25, 0.3) is 21.1 Å². The number of carbonyl (C=O) groups is 1. The number of thiazole rings is 1. The molecule has 30 heavy (non-hydrogen) atoms. The third-order valence-electron chi connectivity index (χ3n) is 5.73. The van der Waals surface area contributed by atoms with E-state index >= 15 is 0 Å². The fourth-order valence-electron chi connectivity index (χ4n) is 4.06. The molecular formula is C23H23N5OS. The maximum absolute atomic E-state index is 12.9. The van der Waals surface area contributed by atoms with Crippen LogP contribution in [0.2, 0.25) is 0 Å². The summed E-state index contributed by atoms with van der Waals surface area (Å²) in [4.78, 5) is 28.7. The lowest BCUT2D eigenvalue weighted by molar-refractivity contribution is -0.126. The van der Waals surface area contributed by atoms with Crippen molar-refractivity contribution in [2.75, 3.05) is 18.0 Å². The molecule has 7 heteroatoms. The highest BCUT2D eigenvalue weighted by Crippen LogP contribution is 2.29. The number of hydrogen-bond acceptors (Lipinski definition) is 6. The van der Waals surface area contributed by atoms with Crippen LogP contribution in [0.15, 0.2) is 54.9 Å². The van der Waals surface area contributed by atoms with Crippen LogP contribution in [-0.2, 0) is 4.79 Å². The van der Waals surface area contributed by atoms with Gasteiger partial charge in [0.15, 0.2) is 0 Å². The standard InChI is InChI=1S/C23H23N5OS/c1-15(23-27-19-8-4-5-9-20(19)30-23)26-22(29)16-10-12-28(13-11-16)21-17-6-2-3-7-18(17)24-14-25-21/h2-9,14-16H,10-13H2,1H3,(H,26,29)/t15-/m1/s1. The van der Waals surface area contributed by atoms with E-state index in [-0.39, 0.29) is 17.9 Å². The van der Waals surface area contributed by atoms with Crippen LogP contribution in [0.1, 0.15) is 30.8 Å². The molecule has 0 unspecified atom stereocenters. The van der Waals surface area contributed by atoms with Crippen LogP contribution < -0.4 is 10.2 Å². The lowest BCUT2D eigenvalue weighted by Gasteiger charge is -2.33. The topological polar surface area (TPSA) is 71.0 Å². The van der Waals surface area contributed by atoms with Crippen LogP contribution in [0.4, 0.5) is 5.82 Å². The highest BCUT2D eigenvalue weighted by molar-refractivity contribution is 7.18. The summed E-state index contributed by atoms with van der Waals surface area (Å²) in [6.45, 7) is 3.64. The molecule has 5 rings (SSSR count). The van der Waals surface area contributed by atoms with Crippen molar-refractivity contribution in [2.24, 2.45) is 5.92 Å². The van der Waals surface area contributed by atoms with Crippen molar-refractivity contribution < 1.29 is 4.79 Å². The smallest absolute Gasteiger partial charge is 0.223 e.